The lowest BCUT2D eigenvalue weighted by molar-refractivity contribution is -0.120. The van der Waals surface area contributed by atoms with Gasteiger partial charge in [-0.15, -0.1) is 0 Å². The van der Waals surface area contributed by atoms with Gasteiger partial charge in [0.25, 0.3) is 0 Å². The highest BCUT2D eigenvalue weighted by Gasteiger charge is 2.14. The molecule has 0 aromatic heterocycles. The Hall–Kier alpha value is -0.370. The van der Waals surface area contributed by atoms with E-state index in [1.54, 1.807) is 0 Å². The van der Waals surface area contributed by atoms with Gasteiger partial charge in [-0.05, 0) is 32.4 Å². The van der Waals surface area contributed by atoms with Gasteiger partial charge in [0.05, 0.1) is 6.54 Å². The Morgan fingerprint density at radius 1 is 1.33 bits per heavy atom. The molecule has 70 valence electrons. The van der Waals surface area contributed by atoms with E-state index in [-0.39, 0.29) is 0 Å². The molecule has 2 heteroatoms. The van der Waals surface area contributed by atoms with Crippen LogP contribution in [0.2, 0.25) is 0 Å². The van der Waals surface area contributed by atoms with Crippen LogP contribution in [0.3, 0.4) is 0 Å². The maximum absolute atomic E-state index is 11.3. The van der Waals surface area contributed by atoms with Crippen LogP contribution in [0.15, 0.2) is 0 Å². The lowest BCUT2D eigenvalue weighted by atomic mass is 10.2. The normalized spacial score (nSPS) is 18.4. The van der Waals surface area contributed by atoms with Crippen molar-refractivity contribution in [1.82, 2.24) is 4.90 Å². The summed E-state index contributed by atoms with van der Waals surface area (Å²) in [5.74, 6) is 0.429. The zero-order valence-electron chi connectivity index (χ0n) is 8.01. The average Bonchev–Trinajstić information content (AvgIpc) is 2.53. The van der Waals surface area contributed by atoms with Gasteiger partial charge in [0.1, 0.15) is 5.78 Å². The number of ketones is 1. The monoisotopic (exact) mass is 169 g/mol. The van der Waals surface area contributed by atoms with Crippen molar-refractivity contribution in [2.75, 3.05) is 19.6 Å². The first-order valence-electron chi connectivity index (χ1n) is 5.07. The van der Waals surface area contributed by atoms with Gasteiger partial charge in [-0.25, -0.2) is 0 Å². The number of nitrogens with zero attached hydrogens (tertiary/aromatic N) is 1. The fourth-order valence-electron chi connectivity index (χ4n) is 1.64. The van der Waals surface area contributed by atoms with Crippen LogP contribution in [-0.4, -0.2) is 30.3 Å². The average molecular weight is 169 g/mol. The number of carbonyl (C=O) groups is 1. The van der Waals surface area contributed by atoms with Crippen molar-refractivity contribution in [3.63, 3.8) is 0 Å². The number of Topliss-reactive ketones (excluding diaryl/α,β-unsaturated/α-hetero) is 1. The SMILES string of the molecule is CCCCC(=O)CN1CCCC1. The summed E-state index contributed by atoms with van der Waals surface area (Å²) < 4.78 is 0. The van der Waals surface area contributed by atoms with Crippen LogP contribution in [0.1, 0.15) is 39.0 Å². The highest BCUT2D eigenvalue weighted by atomic mass is 16.1. The van der Waals surface area contributed by atoms with Crippen molar-refractivity contribution in [3.8, 4) is 0 Å². The Balaban J connectivity index is 2.08. The third-order valence-corrected chi connectivity index (χ3v) is 2.41. The molecule has 1 aliphatic rings. The summed E-state index contributed by atoms with van der Waals surface area (Å²) in [4.78, 5) is 13.6. The first kappa shape index (κ1) is 9.72. The molecule has 0 bridgehead atoms. The van der Waals surface area contributed by atoms with E-state index in [0.29, 0.717) is 12.3 Å². The lowest BCUT2D eigenvalue weighted by Gasteiger charge is -2.12. The fraction of sp³-hybridized carbons (Fsp3) is 0.900. The Bertz CT molecular complexity index is 139. The standard InChI is InChI=1S/C10H19NO/c1-2-3-6-10(12)9-11-7-4-5-8-11/h2-9H2,1H3. The molecule has 1 heterocycles. The van der Waals surface area contributed by atoms with Crippen molar-refractivity contribution in [1.29, 1.82) is 0 Å². The van der Waals surface area contributed by atoms with Gasteiger partial charge in [0, 0.05) is 6.42 Å². The van der Waals surface area contributed by atoms with Crippen LogP contribution in [0.5, 0.6) is 0 Å². The van der Waals surface area contributed by atoms with E-state index in [0.717, 1.165) is 32.4 Å². The minimum Gasteiger partial charge on any atom is -0.298 e. The highest BCUT2D eigenvalue weighted by Crippen LogP contribution is 2.07. The van der Waals surface area contributed by atoms with E-state index in [1.165, 1.54) is 12.8 Å². The third-order valence-electron chi connectivity index (χ3n) is 2.41. The molecule has 12 heavy (non-hydrogen) atoms. The Kier molecular flexibility index (Phi) is 4.30. The molecule has 0 spiro atoms. The predicted octanol–water partition coefficient (Wildman–Crippen LogP) is 1.84. The molecule has 0 radical (unpaired) electrons. The van der Waals surface area contributed by atoms with Gasteiger partial charge < -0.3 is 0 Å². The fourth-order valence-corrected chi connectivity index (χ4v) is 1.64. The molecule has 0 unspecified atom stereocenters. The summed E-state index contributed by atoms with van der Waals surface area (Å²) in [5, 5.41) is 0. The van der Waals surface area contributed by atoms with Crippen LogP contribution in [0.4, 0.5) is 0 Å². The maximum Gasteiger partial charge on any atom is 0.146 e. The second kappa shape index (κ2) is 5.31. The van der Waals surface area contributed by atoms with E-state index in [1.807, 2.05) is 0 Å². The summed E-state index contributed by atoms with van der Waals surface area (Å²) in [6.07, 6.45) is 5.54. The summed E-state index contributed by atoms with van der Waals surface area (Å²) in [5.41, 5.74) is 0. The molecular formula is C10H19NO. The molecule has 1 fully saturated rings. The van der Waals surface area contributed by atoms with Gasteiger partial charge in [-0.3, -0.25) is 9.69 Å². The van der Waals surface area contributed by atoms with Crippen LogP contribution < -0.4 is 0 Å². The predicted molar refractivity (Wildman–Crippen MR) is 50.2 cm³/mol. The summed E-state index contributed by atoms with van der Waals surface area (Å²) >= 11 is 0. The maximum atomic E-state index is 11.3. The second-order valence-corrected chi connectivity index (χ2v) is 3.63. The number of likely N-dealkylation sites (tertiary alicyclic amines) is 1. The molecule has 1 aliphatic heterocycles. The summed E-state index contributed by atoms with van der Waals surface area (Å²) in [7, 11) is 0. The molecule has 0 N–H and O–H groups in total. The number of unbranched alkanes of at least 4 members (excludes halogenated alkanes) is 1. The molecule has 0 saturated carbocycles. The molecular weight excluding hydrogens is 150 g/mol. The van der Waals surface area contributed by atoms with Crippen molar-refractivity contribution in [2.24, 2.45) is 0 Å². The number of hydrogen-bond acceptors (Lipinski definition) is 2. The zero-order valence-corrected chi connectivity index (χ0v) is 8.01. The molecule has 1 rings (SSSR count). The number of hydrogen-bond donors (Lipinski definition) is 0. The van der Waals surface area contributed by atoms with Crippen molar-refractivity contribution in [3.05, 3.63) is 0 Å². The van der Waals surface area contributed by atoms with Gasteiger partial charge in [0.2, 0.25) is 0 Å². The van der Waals surface area contributed by atoms with Gasteiger partial charge in [-0.2, -0.15) is 0 Å². The Morgan fingerprint density at radius 2 is 2.00 bits per heavy atom. The van der Waals surface area contributed by atoms with E-state index in [9.17, 15) is 4.79 Å². The highest BCUT2D eigenvalue weighted by molar-refractivity contribution is 5.80. The van der Waals surface area contributed by atoms with Crippen LogP contribution in [0, 0.1) is 0 Å². The second-order valence-electron chi connectivity index (χ2n) is 3.63. The van der Waals surface area contributed by atoms with Gasteiger partial charge >= 0.3 is 0 Å². The van der Waals surface area contributed by atoms with E-state index < -0.39 is 0 Å². The van der Waals surface area contributed by atoms with Gasteiger partial charge in [0.15, 0.2) is 0 Å². The van der Waals surface area contributed by atoms with Crippen LogP contribution in [0.25, 0.3) is 0 Å². The lowest BCUT2D eigenvalue weighted by Crippen LogP contribution is -2.26. The zero-order chi connectivity index (χ0) is 8.81. The van der Waals surface area contributed by atoms with E-state index >= 15 is 0 Å². The van der Waals surface area contributed by atoms with Crippen molar-refractivity contribution in [2.45, 2.75) is 39.0 Å². The van der Waals surface area contributed by atoms with Crippen LogP contribution >= 0.6 is 0 Å². The molecule has 0 atom stereocenters. The van der Waals surface area contributed by atoms with Gasteiger partial charge in [-0.1, -0.05) is 13.3 Å². The Labute approximate surface area is 74.9 Å². The smallest absolute Gasteiger partial charge is 0.146 e. The van der Waals surface area contributed by atoms with E-state index in [4.69, 9.17) is 0 Å². The Morgan fingerprint density at radius 3 is 2.58 bits per heavy atom. The summed E-state index contributed by atoms with van der Waals surface area (Å²) in [6.45, 7) is 5.11. The minimum absolute atomic E-state index is 0.429. The molecule has 0 amide bonds. The molecule has 2 nitrogen and oxygen atoms in total. The van der Waals surface area contributed by atoms with Crippen molar-refractivity contribution >= 4 is 5.78 Å². The van der Waals surface area contributed by atoms with Crippen molar-refractivity contribution < 1.29 is 4.79 Å². The summed E-state index contributed by atoms with van der Waals surface area (Å²) in [6, 6.07) is 0. The molecule has 1 saturated heterocycles. The van der Waals surface area contributed by atoms with Crippen LogP contribution in [-0.2, 0) is 4.79 Å². The molecule has 0 aromatic rings. The first-order valence-corrected chi connectivity index (χ1v) is 5.07. The third kappa shape index (κ3) is 3.35. The number of rotatable bonds is 5. The topological polar surface area (TPSA) is 20.3 Å². The minimum atomic E-state index is 0.429. The quantitative estimate of drug-likeness (QED) is 0.626. The largest absolute Gasteiger partial charge is 0.298 e. The molecule has 0 aliphatic carbocycles. The number of carbonyl (C=O) groups excluding carboxylic acids is 1. The van der Waals surface area contributed by atoms with E-state index in [2.05, 4.69) is 11.8 Å². The first-order chi connectivity index (χ1) is 5.83. The molecule has 0 aromatic carbocycles.